The van der Waals surface area contributed by atoms with E-state index < -0.39 is 11.6 Å². The summed E-state index contributed by atoms with van der Waals surface area (Å²) < 4.78 is 5.89. The summed E-state index contributed by atoms with van der Waals surface area (Å²) in [6.45, 7) is 3.65. The van der Waals surface area contributed by atoms with Crippen molar-refractivity contribution in [1.29, 1.82) is 0 Å². The first kappa shape index (κ1) is 26.1. The van der Waals surface area contributed by atoms with Gasteiger partial charge < -0.3 is 19.9 Å². The van der Waals surface area contributed by atoms with E-state index in [1.165, 1.54) is 11.1 Å². The van der Waals surface area contributed by atoms with Gasteiger partial charge in [-0.3, -0.25) is 9.59 Å². The van der Waals surface area contributed by atoms with Crippen molar-refractivity contribution in [2.45, 2.75) is 43.9 Å². The topological polar surface area (TPSA) is 61.9 Å². The Bertz CT molecular complexity index is 1180. The summed E-state index contributed by atoms with van der Waals surface area (Å²) in [6.07, 6.45) is 2.99. The van der Waals surface area contributed by atoms with Crippen LogP contribution in [0.25, 0.3) is 0 Å². The van der Waals surface area contributed by atoms with Crippen LogP contribution in [0, 0.1) is 0 Å². The van der Waals surface area contributed by atoms with Gasteiger partial charge in [-0.25, -0.2) is 0 Å². The highest BCUT2D eigenvalue weighted by Gasteiger charge is 2.53. The zero-order valence-corrected chi connectivity index (χ0v) is 21.9. The Labute approximate surface area is 225 Å². The van der Waals surface area contributed by atoms with Gasteiger partial charge in [0.1, 0.15) is 11.6 Å². The van der Waals surface area contributed by atoms with Crippen molar-refractivity contribution in [3.63, 3.8) is 0 Å². The van der Waals surface area contributed by atoms with Gasteiger partial charge in [-0.05, 0) is 42.4 Å². The highest BCUT2D eigenvalue weighted by Crippen LogP contribution is 2.33. The van der Waals surface area contributed by atoms with Crippen molar-refractivity contribution in [2.24, 2.45) is 0 Å². The molecule has 1 N–H and O–H groups in total. The number of hydrogen-bond acceptors (Lipinski definition) is 4. The predicted molar refractivity (Wildman–Crippen MR) is 148 cm³/mol. The Morgan fingerprint density at radius 3 is 1.84 bits per heavy atom. The molecule has 0 aliphatic carbocycles. The third kappa shape index (κ3) is 6.14. The third-order valence-electron chi connectivity index (χ3n) is 7.91. The van der Waals surface area contributed by atoms with E-state index in [2.05, 4.69) is 46.6 Å². The van der Waals surface area contributed by atoms with E-state index in [-0.39, 0.29) is 18.4 Å². The molecule has 38 heavy (non-hydrogen) atoms. The predicted octanol–water partition coefficient (Wildman–Crippen LogP) is 3.85. The molecule has 2 saturated heterocycles. The Morgan fingerprint density at radius 1 is 0.737 bits per heavy atom. The van der Waals surface area contributed by atoms with Crippen LogP contribution >= 0.6 is 0 Å². The molecule has 198 valence electrons. The highest BCUT2D eigenvalue weighted by molar-refractivity contribution is 6.00. The summed E-state index contributed by atoms with van der Waals surface area (Å²) in [7, 11) is 0. The molecule has 1 spiro atoms. The molecule has 2 aliphatic rings. The second kappa shape index (κ2) is 12.4. The van der Waals surface area contributed by atoms with E-state index in [1.807, 2.05) is 59.5 Å². The van der Waals surface area contributed by atoms with Crippen LogP contribution in [0.1, 0.15) is 29.5 Å². The number of ether oxygens (including phenoxy) is 1. The van der Waals surface area contributed by atoms with E-state index in [4.69, 9.17) is 4.74 Å². The van der Waals surface area contributed by atoms with Crippen molar-refractivity contribution in [3.8, 4) is 0 Å². The molecule has 1 unspecified atom stereocenters. The average Bonchev–Trinajstić information content (AvgIpc) is 2.97. The highest BCUT2D eigenvalue weighted by atomic mass is 16.5. The molecular formula is C32H37N3O3. The quantitative estimate of drug-likeness (QED) is 0.449. The maximum absolute atomic E-state index is 13.8. The van der Waals surface area contributed by atoms with Crippen LogP contribution in [0.15, 0.2) is 91.0 Å². The third-order valence-corrected chi connectivity index (χ3v) is 7.91. The summed E-state index contributed by atoms with van der Waals surface area (Å²) in [5.41, 5.74) is 2.73. The van der Waals surface area contributed by atoms with Gasteiger partial charge in [0, 0.05) is 26.2 Å². The standard InChI is InChI=1S/C32H37N3O3/c36-30-29(25-38-24-28-14-8-3-9-15-28)33-31(37)32(35(30)21-17-27-12-6-2-7-13-27)18-22-34(23-19-32)20-16-26-10-4-1-5-11-26/h1-15,29H,16-25H2,(H,33,37). The van der Waals surface area contributed by atoms with Gasteiger partial charge in [-0.2, -0.15) is 0 Å². The van der Waals surface area contributed by atoms with E-state index >= 15 is 0 Å². The molecule has 0 bridgehead atoms. The van der Waals surface area contributed by atoms with E-state index in [0.29, 0.717) is 26.0 Å². The number of carbonyl (C=O) groups is 2. The molecule has 3 aromatic rings. The Hall–Kier alpha value is -3.48. The van der Waals surface area contributed by atoms with Crippen LogP contribution in [0.3, 0.4) is 0 Å². The molecule has 0 saturated carbocycles. The number of likely N-dealkylation sites (tertiary alicyclic amines) is 1. The molecule has 2 amide bonds. The van der Waals surface area contributed by atoms with Gasteiger partial charge in [-0.1, -0.05) is 91.0 Å². The summed E-state index contributed by atoms with van der Waals surface area (Å²) >= 11 is 0. The first-order valence-electron chi connectivity index (χ1n) is 13.7. The van der Waals surface area contributed by atoms with Gasteiger partial charge in [0.25, 0.3) is 0 Å². The van der Waals surface area contributed by atoms with Gasteiger partial charge in [-0.15, -0.1) is 0 Å². The molecule has 2 fully saturated rings. The summed E-state index contributed by atoms with van der Waals surface area (Å²) in [6, 6.07) is 29.9. The minimum absolute atomic E-state index is 0.0358. The van der Waals surface area contributed by atoms with Crippen molar-refractivity contribution in [1.82, 2.24) is 15.1 Å². The Balaban J connectivity index is 1.25. The number of piperidine rings is 1. The Kier molecular flexibility index (Phi) is 8.51. The normalized spacial score (nSPS) is 19.5. The lowest BCUT2D eigenvalue weighted by Gasteiger charge is -2.51. The van der Waals surface area contributed by atoms with Crippen LogP contribution < -0.4 is 5.32 Å². The first-order chi connectivity index (χ1) is 18.6. The lowest BCUT2D eigenvalue weighted by atomic mass is 9.81. The summed E-state index contributed by atoms with van der Waals surface area (Å²) in [5, 5.41) is 3.04. The van der Waals surface area contributed by atoms with E-state index in [9.17, 15) is 9.59 Å². The maximum Gasteiger partial charge on any atom is 0.248 e. The number of nitrogens with one attached hydrogen (secondary N) is 1. The van der Waals surface area contributed by atoms with Gasteiger partial charge in [0.05, 0.1) is 13.2 Å². The largest absolute Gasteiger partial charge is 0.374 e. The number of amides is 2. The van der Waals surface area contributed by atoms with Gasteiger partial charge in [0.2, 0.25) is 11.8 Å². The molecule has 0 aromatic heterocycles. The summed E-state index contributed by atoms with van der Waals surface area (Å²) in [4.78, 5) is 31.8. The zero-order chi connectivity index (χ0) is 26.2. The maximum atomic E-state index is 13.8. The Morgan fingerprint density at radius 2 is 1.26 bits per heavy atom. The number of rotatable bonds is 10. The second-order valence-electron chi connectivity index (χ2n) is 10.4. The number of carbonyl (C=O) groups excluding carboxylic acids is 2. The SMILES string of the molecule is O=C1C(COCc2ccccc2)NC(=O)C2(CCN(CCc3ccccc3)CC2)N1CCc1ccccc1. The number of hydrogen-bond donors (Lipinski definition) is 1. The average molecular weight is 512 g/mol. The van der Waals surface area contributed by atoms with E-state index in [0.717, 1.165) is 38.0 Å². The lowest BCUT2D eigenvalue weighted by molar-refractivity contribution is -0.163. The smallest absolute Gasteiger partial charge is 0.248 e. The second-order valence-corrected chi connectivity index (χ2v) is 10.4. The molecule has 3 aromatic carbocycles. The molecule has 6 heteroatoms. The number of nitrogens with zero attached hydrogens (tertiary/aromatic N) is 2. The molecule has 2 heterocycles. The van der Waals surface area contributed by atoms with Gasteiger partial charge in [0.15, 0.2) is 0 Å². The van der Waals surface area contributed by atoms with Crippen molar-refractivity contribution >= 4 is 11.8 Å². The van der Waals surface area contributed by atoms with Crippen LogP contribution in [0.5, 0.6) is 0 Å². The number of benzene rings is 3. The minimum Gasteiger partial charge on any atom is -0.374 e. The van der Waals surface area contributed by atoms with Crippen LogP contribution in [0.4, 0.5) is 0 Å². The fourth-order valence-corrected chi connectivity index (χ4v) is 5.64. The zero-order valence-electron chi connectivity index (χ0n) is 21.9. The van der Waals surface area contributed by atoms with Gasteiger partial charge >= 0.3 is 0 Å². The van der Waals surface area contributed by atoms with Crippen molar-refractivity contribution in [3.05, 3.63) is 108 Å². The fraction of sp³-hybridized carbons (Fsp3) is 0.375. The minimum atomic E-state index is -0.801. The lowest BCUT2D eigenvalue weighted by Crippen LogP contribution is -2.73. The molecule has 6 nitrogen and oxygen atoms in total. The molecule has 5 rings (SSSR count). The monoisotopic (exact) mass is 511 g/mol. The van der Waals surface area contributed by atoms with Crippen LogP contribution in [-0.4, -0.2) is 66.0 Å². The molecule has 0 radical (unpaired) electrons. The molecule has 1 atom stereocenters. The van der Waals surface area contributed by atoms with E-state index in [1.54, 1.807) is 0 Å². The van der Waals surface area contributed by atoms with Crippen molar-refractivity contribution < 1.29 is 14.3 Å². The van der Waals surface area contributed by atoms with Crippen LogP contribution in [-0.2, 0) is 33.8 Å². The number of piperazine rings is 1. The van der Waals surface area contributed by atoms with Crippen LogP contribution in [0.2, 0.25) is 0 Å². The first-order valence-corrected chi connectivity index (χ1v) is 13.7. The fourth-order valence-electron chi connectivity index (χ4n) is 5.64. The summed E-state index contributed by atoms with van der Waals surface area (Å²) in [5.74, 6) is -0.0764. The van der Waals surface area contributed by atoms with Crippen molar-refractivity contribution in [2.75, 3.05) is 32.8 Å². The molecule has 2 aliphatic heterocycles. The molecular weight excluding hydrogens is 474 g/mol.